The lowest BCUT2D eigenvalue weighted by atomic mass is 10.2. The summed E-state index contributed by atoms with van der Waals surface area (Å²) in [5.41, 5.74) is 0.470. The highest BCUT2D eigenvalue weighted by atomic mass is 35.5. The normalized spacial score (nSPS) is 17.0. The molecule has 0 radical (unpaired) electrons. The first kappa shape index (κ1) is 18.0. The molecule has 1 fully saturated rings. The van der Waals surface area contributed by atoms with Crippen LogP contribution in [0.25, 0.3) is 0 Å². The number of anilines is 1. The van der Waals surface area contributed by atoms with Gasteiger partial charge in [-0.3, -0.25) is 9.59 Å². The van der Waals surface area contributed by atoms with Crippen LogP contribution in [0.5, 0.6) is 0 Å². The molecule has 0 saturated carbocycles. The van der Waals surface area contributed by atoms with Crippen molar-refractivity contribution in [3.63, 3.8) is 0 Å². The lowest BCUT2D eigenvalue weighted by Crippen LogP contribution is -2.46. The number of hydrogen-bond acceptors (Lipinski definition) is 3. The van der Waals surface area contributed by atoms with Gasteiger partial charge in [0, 0.05) is 25.2 Å². The van der Waals surface area contributed by atoms with Gasteiger partial charge in [0.05, 0.1) is 5.02 Å². The van der Waals surface area contributed by atoms with Gasteiger partial charge in [-0.2, -0.15) is 0 Å². The molecule has 3 N–H and O–H groups in total. The van der Waals surface area contributed by atoms with Gasteiger partial charge in [0.15, 0.2) is 0 Å². The molecule has 1 aromatic carbocycles. The molecule has 130 valence electrons. The molecule has 0 bridgehead atoms. The minimum atomic E-state index is -0.934. The molecule has 0 aliphatic carbocycles. The zero-order chi connectivity index (χ0) is 17.7. The second-order valence-corrected chi connectivity index (χ2v) is 5.73. The maximum Gasteiger partial charge on any atom is 0.315 e. The van der Waals surface area contributed by atoms with Crippen LogP contribution in [0.4, 0.5) is 14.9 Å². The van der Waals surface area contributed by atoms with Gasteiger partial charge in [-0.05, 0) is 31.0 Å². The van der Waals surface area contributed by atoms with Crippen LogP contribution in [0, 0.1) is 5.82 Å². The maximum atomic E-state index is 13.2. The van der Waals surface area contributed by atoms with Crippen molar-refractivity contribution in [2.75, 3.05) is 18.0 Å². The molecule has 1 aliphatic rings. The number of carbonyl (C=O) groups excluding carboxylic acids is 2. The van der Waals surface area contributed by atoms with Crippen molar-refractivity contribution in [1.29, 1.82) is 0 Å². The Morgan fingerprint density at radius 2 is 2.17 bits per heavy atom. The van der Waals surface area contributed by atoms with Crippen LogP contribution in [0.3, 0.4) is 0 Å². The van der Waals surface area contributed by atoms with Crippen molar-refractivity contribution in [2.45, 2.75) is 25.3 Å². The number of nitrogens with one attached hydrogen (secondary N) is 2. The van der Waals surface area contributed by atoms with Gasteiger partial charge >= 0.3 is 12.0 Å². The van der Waals surface area contributed by atoms with Crippen molar-refractivity contribution in [2.24, 2.45) is 0 Å². The van der Waals surface area contributed by atoms with E-state index in [1.165, 1.54) is 23.1 Å². The second-order valence-electron chi connectivity index (χ2n) is 5.33. The number of aliphatic carboxylic acids is 1. The molecule has 24 heavy (non-hydrogen) atoms. The smallest absolute Gasteiger partial charge is 0.315 e. The molecule has 7 nitrogen and oxygen atoms in total. The summed E-state index contributed by atoms with van der Waals surface area (Å²) in [5, 5.41) is 13.5. The Kier molecular flexibility index (Phi) is 5.97. The Balaban J connectivity index is 1.86. The number of hydrogen-bond donors (Lipinski definition) is 3. The summed E-state index contributed by atoms with van der Waals surface area (Å²) >= 11 is 5.72. The molecule has 0 spiro atoms. The monoisotopic (exact) mass is 357 g/mol. The number of carbonyl (C=O) groups is 3. The minimum absolute atomic E-state index is 0.0399. The predicted molar refractivity (Wildman–Crippen MR) is 85.6 cm³/mol. The van der Waals surface area contributed by atoms with E-state index in [0.29, 0.717) is 25.1 Å². The van der Waals surface area contributed by atoms with E-state index in [1.807, 2.05) is 0 Å². The fourth-order valence-corrected chi connectivity index (χ4v) is 2.55. The Morgan fingerprint density at radius 3 is 2.83 bits per heavy atom. The number of carboxylic acids is 1. The summed E-state index contributed by atoms with van der Waals surface area (Å²) in [7, 11) is 0. The Labute approximate surface area is 142 Å². The summed E-state index contributed by atoms with van der Waals surface area (Å²) in [4.78, 5) is 35.8. The first-order chi connectivity index (χ1) is 11.4. The molecule has 0 aromatic heterocycles. The van der Waals surface area contributed by atoms with E-state index in [2.05, 4.69) is 10.6 Å². The van der Waals surface area contributed by atoms with E-state index in [0.717, 1.165) is 0 Å². The Morgan fingerprint density at radius 1 is 1.42 bits per heavy atom. The van der Waals surface area contributed by atoms with Crippen molar-refractivity contribution in [1.82, 2.24) is 10.6 Å². The number of halogens is 2. The van der Waals surface area contributed by atoms with Crippen molar-refractivity contribution < 1.29 is 23.9 Å². The number of amides is 3. The Bertz CT molecular complexity index is 656. The fraction of sp³-hybridized carbons (Fsp3) is 0.400. The lowest BCUT2D eigenvalue weighted by Gasteiger charge is -2.18. The van der Waals surface area contributed by atoms with Crippen LogP contribution in [0.1, 0.15) is 19.3 Å². The van der Waals surface area contributed by atoms with Gasteiger partial charge < -0.3 is 20.6 Å². The first-order valence-corrected chi connectivity index (χ1v) is 7.79. The van der Waals surface area contributed by atoms with Gasteiger partial charge in [-0.1, -0.05) is 11.6 Å². The van der Waals surface area contributed by atoms with E-state index >= 15 is 0 Å². The van der Waals surface area contributed by atoms with Crippen molar-refractivity contribution in [3.8, 4) is 0 Å². The molecule has 1 aromatic rings. The molecule has 1 atom stereocenters. The van der Waals surface area contributed by atoms with Crippen molar-refractivity contribution in [3.05, 3.63) is 29.0 Å². The highest BCUT2D eigenvalue weighted by Gasteiger charge is 2.33. The lowest BCUT2D eigenvalue weighted by molar-refractivity contribution is -0.137. The van der Waals surface area contributed by atoms with Crippen LogP contribution in [-0.4, -0.2) is 42.1 Å². The third-order valence-electron chi connectivity index (χ3n) is 3.58. The van der Waals surface area contributed by atoms with Crippen LogP contribution < -0.4 is 15.5 Å². The molecule has 9 heteroatoms. The molecular weight excluding hydrogens is 341 g/mol. The molecule has 3 amide bonds. The van der Waals surface area contributed by atoms with E-state index in [4.69, 9.17) is 16.7 Å². The highest BCUT2D eigenvalue weighted by molar-refractivity contribution is 6.31. The average molecular weight is 358 g/mol. The van der Waals surface area contributed by atoms with Gasteiger partial charge in [0.1, 0.15) is 11.9 Å². The SMILES string of the molecule is O=C(O)CCCNC(=O)NC1CCN(c2ccc(F)c(Cl)c2)C1=O. The molecule has 1 saturated heterocycles. The van der Waals surface area contributed by atoms with Gasteiger partial charge in [0.25, 0.3) is 0 Å². The zero-order valence-corrected chi connectivity index (χ0v) is 13.5. The summed E-state index contributed by atoms with van der Waals surface area (Å²) < 4.78 is 13.2. The van der Waals surface area contributed by atoms with Gasteiger partial charge in [-0.25, -0.2) is 9.18 Å². The summed E-state index contributed by atoms with van der Waals surface area (Å²) in [5.74, 6) is -1.81. The number of carboxylic acid groups (broad SMARTS) is 1. The van der Waals surface area contributed by atoms with Gasteiger partial charge in [0.2, 0.25) is 5.91 Å². The fourth-order valence-electron chi connectivity index (χ4n) is 2.37. The maximum absolute atomic E-state index is 13.2. The number of urea groups is 1. The molecule has 1 heterocycles. The third-order valence-corrected chi connectivity index (χ3v) is 3.87. The number of nitrogens with zero attached hydrogens (tertiary/aromatic N) is 1. The van der Waals surface area contributed by atoms with Crippen LogP contribution in [0.2, 0.25) is 5.02 Å². The van der Waals surface area contributed by atoms with E-state index in [9.17, 15) is 18.8 Å². The molecule has 2 rings (SSSR count). The van der Waals surface area contributed by atoms with Crippen LogP contribution in [0.15, 0.2) is 18.2 Å². The first-order valence-electron chi connectivity index (χ1n) is 7.41. The minimum Gasteiger partial charge on any atom is -0.481 e. The quantitative estimate of drug-likeness (QED) is 0.675. The number of benzene rings is 1. The molecule has 1 unspecified atom stereocenters. The summed E-state index contributed by atoms with van der Waals surface area (Å²) in [6.07, 6.45) is 0.680. The van der Waals surface area contributed by atoms with Crippen LogP contribution in [-0.2, 0) is 9.59 Å². The highest BCUT2D eigenvalue weighted by Crippen LogP contribution is 2.26. The van der Waals surface area contributed by atoms with E-state index < -0.39 is 23.9 Å². The van der Waals surface area contributed by atoms with E-state index in [1.54, 1.807) is 0 Å². The second kappa shape index (κ2) is 7.96. The molecular formula is C15H17ClFN3O4. The largest absolute Gasteiger partial charge is 0.481 e. The topological polar surface area (TPSA) is 98.7 Å². The standard InChI is InChI=1S/C15H17ClFN3O4/c16-10-8-9(3-4-11(10)17)20-7-5-12(14(20)23)19-15(24)18-6-1-2-13(21)22/h3-4,8,12H,1-2,5-7H2,(H,21,22)(H2,18,19,24). The van der Waals surface area contributed by atoms with Gasteiger partial charge in [-0.15, -0.1) is 0 Å². The molecule has 1 aliphatic heterocycles. The Hall–Kier alpha value is -2.35. The predicted octanol–water partition coefficient (Wildman–Crippen LogP) is 1.75. The number of rotatable bonds is 6. The third kappa shape index (κ3) is 4.58. The van der Waals surface area contributed by atoms with Crippen molar-refractivity contribution >= 4 is 35.2 Å². The average Bonchev–Trinajstić information content (AvgIpc) is 2.87. The van der Waals surface area contributed by atoms with E-state index in [-0.39, 0.29) is 23.9 Å². The van der Waals surface area contributed by atoms with Crippen LogP contribution >= 0.6 is 11.6 Å². The summed E-state index contributed by atoms with van der Waals surface area (Å²) in [6.45, 7) is 0.584. The summed E-state index contributed by atoms with van der Waals surface area (Å²) in [6, 6.07) is 2.78. The zero-order valence-electron chi connectivity index (χ0n) is 12.7.